The number of hydrogen-bond acceptors (Lipinski definition) is 7. The molecule has 29 heavy (non-hydrogen) atoms. The van der Waals surface area contributed by atoms with Crippen molar-refractivity contribution in [2.45, 2.75) is 37.7 Å². The van der Waals surface area contributed by atoms with Crippen LogP contribution >= 0.6 is 0 Å². The number of nitrogens with one attached hydrogen (secondary N) is 1. The van der Waals surface area contributed by atoms with Crippen molar-refractivity contribution >= 4 is 17.4 Å². The highest BCUT2D eigenvalue weighted by molar-refractivity contribution is 6.04. The molecule has 7 heteroatoms. The molecular weight excluding hydrogens is 368 g/mol. The van der Waals surface area contributed by atoms with Gasteiger partial charge in [-0.2, -0.15) is 5.10 Å². The number of aromatic nitrogens is 2. The molecule has 2 atom stereocenters. The van der Waals surface area contributed by atoms with Crippen LogP contribution < -0.4 is 5.43 Å². The van der Waals surface area contributed by atoms with E-state index >= 15 is 0 Å². The number of nitrogens with zero attached hydrogens (tertiary/aromatic N) is 3. The van der Waals surface area contributed by atoms with Crippen molar-refractivity contribution in [1.29, 1.82) is 0 Å². The number of methoxy groups -OCH3 is 1. The fourth-order valence-electron chi connectivity index (χ4n) is 4.16. The Morgan fingerprint density at radius 3 is 2.52 bits per heavy atom. The maximum atomic E-state index is 12.2. The molecule has 0 spiro atoms. The van der Waals surface area contributed by atoms with Gasteiger partial charge in [-0.05, 0) is 61.9 Å². The van der Waals surface area contributed by atoms with Crippen LogP contribution in [0.5, 0.6) is 0 Å². The van der Waals surface area contributed by atoms with Crippen molar-refractivity contribution in [3.05, 3.63) is 65.8 Å². The molecule has 2 aromatic heterocycles. The van der Waals surface area contributed by atoms with Gasteiger partial charge in [-0.1, -0.05) is 12.1 Å². The summed E-state index contributed by atoms with van der Waals surface area (Å²) in [5, 5.41) is 15.6. The minimum absolute atomic E-state index is 0.0466. The maximum Gasteiger partial charge on any atom is 0.337 e. The molecule has 1 aliphatic heterocycles. The largest absolute Gasteiger partial charge is 0.467 e. The zero-order valence-corrected chi connectivity index (χ0v) is 16.3. The standard InChI is InChI=1S/C22H24N4O3/c1-29-21(27)22(28)11-6-7-15-16(10-12-22)20(18-9-3-5-14-24-18)26-25-19(15)17-8-2-4-13-23-17/h2-5,8-9,13-15,26,28H,6-7,10-12H2,1H3. The van der Waals surface area contributed by atoms with E-state index in [0.717, 1.165) is 34.8 Å². The van der Waals surface area contributed by atoms with Gasteiger partial charge in [0.25, 0.3) is 0 Å². The van der Waals surface area contributed by atoms with Gasteiger partial charge in [0.1, 0.15) is 0 Å². The molecule has 2 aliphatic rings. The number of carbonyl (C=O) groups excluding carboxylic acids is 1. The summed E-state index contributed by atoms with van der Waals surface area (Å²) in [5.41, 5.74) is 6.11. The zero-order chi connectivity index (χ0) is 20.3. The number of ether oxygens (including phenoxy) is 1. The predicted octanol–water partition coefficient (Wildman–Crippen LogP) is 2.68. The second kappa shape index (κ2) is 8.13. The molecular formula is C22H24N4O3. The average Bonchev–Trinajstić information content (AvgIpc) is 2.77. The number of pyridine rings is 2. The fraction of sp³-hybridized carbons (Fsp3) is 0.364. The number of esters is 1. The third-order valence-corrected chi connectivity index (χ3v) is 5.66. The number of hydrazone groups is 1. The first kappa shape index (κ1) is 19.3. The van der Waals surface area contributed by atoms with Crippen LogP contribution in [0.25, 0.3) is 5.70 Å². The highest BCUT2D eigenvalue weighted by Gasteiger charge is 2.41. The number of fused-ring (bicyclic) bond motifs is 1. The Hall–Kier alpha value is -3.06. The molecule has 0 saturated heterocycles. The second-order valence-corrected chi connectivity index (χ2v) is 7.41. The Labute approximate surface area is 169 Å². The van der Waals surface area contributed by atoms with E-state index in [1.54, 1.807) is 12.4 Å². The van der Waals surface area contributed by atoms with Gasteiger partial charge in [0.05, 0.1) is 29.9 Å². The van der Waals surface area contributed by atoms with Gasteiger partial charge >= 0.3 is 5.97 Å². The van der Waals surface area contributed by atoms with Gasteiger partial charge in [0, 0.05) is 18.3 Å². The predicted molar refractivity (Wildman–Crippen MR) is 109 cm³/mol. The van der Waals surface area contributed by atoms with Gasteiger partial charge < -0.3 is 9.84 Å². The summed E-state index contributed by atoms with van der Waals surface area (Å²) < 4.78 is 4.86. The van der Waals surface area contributed by atoms with Crippen LogP contribution in [-0.4, -0.2) is 39.5 Å². The Balaban J connectivity index is 1.75. The Morgan fingerprint density at radius 1 is 1.14 bits per heavy atom. The SMILES string of the molecule is COC(=O)C1(O)CCCC2C(c3ccccn3)=NNC(c3ccccn3)=C2CC1. The monoisotopic (exact) mass is 392 g/mol. The third kappa shape index (κ3) is 3.78. The molecule has 0 radical (unpaired) electrons. The van der Waals surface area contributed by atoms with E-state index in [4.69, 9.17) is 4.74 Å². The lowest BCUT2D eigenvalue weighted by molar-refractivity contribution is -0.164. The quantitative estimate of drug-likeness (QED) is 0.780. The highest BCUT2D eigenvalue weighted by atomic mass is 16.5. The number of aliphatic hydroxyl groups is 1. The molecule has 1 aliphatic carbocycles. The molecule has 2 aromatic rings. The van der Waals surface area contributed by atoms with Crippen LogP contribution in [0.1, 0.15) is 43.5 Å². The van der Waals surface area contributed by atoms with Crippen LogP contribution in [0.15, 0.2) is 59.5 Å². The van der Waals surface area contributed by atoms with Gasteiger partial charge in [-0.3, -0.25) is 15.4 Å². The summed E-state index contributed by atoms with van der Waals surface area (Å²) in [5.74, 6) is -0.524. The number of carbonyl (C=O) groups is 1. The van der Waals surface area contributed by atoms with E-state index in [9.17, 15) is 9.90 Å². The maximum absolute atomic E-state index is 12.2. The van der Waals surface area contributed by atoms with E-state index in [-0.39, 0.29) is 5.92 Å². The molecule has 7 nitrogen and oxygen atoms in total. The van der Waals surface area contributed by atoms with Crippen molar-refractivity contribution in [1.82, 2.24) is 15.4 Å². The first-order chi connectivity index (χ1) is 14.1. The molecule has 0 bridgehead atoms. The summed E-state index contributed by atoms with van der Waals surface area (Å²) in [4.78, 5) is 21.2. The number of hydrogen-bond donors (Lipinski definition) is 2. The molecule has 1 fully saturated rings. The fourth-order valence-corrected chi connectivity index (χ4v) is 4.16. The zero-order valence-electron chi connectivity index (χ0n) is 16.3. The Kier molecular flexibility index (Phi) is 5.40. The molecule has 2 unspecified atom stereocenters. The van der Waals surface area contributed by atoms with Gasteiger partial charge in [0.15, 0.2) is 5.60 Å². The lowest BCUT2D eigenvalue weighted by Crippen LogP contribution is -2.42. The van der Waals surface area contributed by atoms with Crippen molar-refractivity contribution in [3.8, 4) is 0 Å². The van der Waals surface area contributed by atoms with Crippen LogP contribution in [-0.2, 0) is 9.53 Å². The van der Waals surface area contributed by atoms with E-state index < -0.39 is 11.6 Å². The minimum atomic E-state index is -1.47. The van der Waals surface area contributed by atoms with E-state index in [2.05, 4.69) is 20.5 Å². The molecule has 2 N–H and O–H groups in total. The molecule has 0 amide bonds. The van der Waals surface area contributed by atoms with Crippen LogP contribution in [0, 0.1) is 5.92 Å². The van der Waals surface area contributed by atoms with Gasteiger partial charge in [0.2, 0.25) is 0 Å². The first-order valence-corrected chi connectivity index (χ1v) is 9.82. The number of rotatable bonds is 3. The molecule has 150 valence electrons. The molecule has 1 saturated carbocycles. The third-order valence-electron chi connectivity index (χ3n) is 5.66. The second-order valence-electron chi connectivity index (χ2n) is 7.41. The van der Waals surface area contributed by atoms with Crippen molar-refractivity contribution in [2.24, 2.45) is 11.0 Å². The molecule has 4 rings (SSSR count). The molecule has 3 heterocycles. The number of allylic oxidation sites excluding steroid dienone is 1. The highest BCUT2D eigenvalue weighted by Crippen LogP contribution is 2.39. The lowest BCUT2D eigenvalue weighted by atomic mass is 9.76. The van der Waals surface area contributed by atoms with Crippen LogP contribution in [0.3, 0.4) is 0 Å². The first-order valence-electron chi connectivity index (χ1n) is 9.82. The Bertz CT molecular complexity index is 943. The summed E-state index contributed by atoms with van der Waals surface area (Å²) >= 11 is 0. The smallest absolute Gasteiger partial charge is 0.337 e. The summed E-state index contributed by atoms with van der Waals surface area (Å²) in [6.45, 7) is 0. The van der Waals surface area contributed by atoms with Crippen LogP contribution in [0.4, 0.5) is 0 Å². The van der Waals surface area contributed by atoms with E-state index in [1.807, 2.05) is 36.4 Å². The van der Waals surface area contributed by atoms with Crippen molar-refractivity contribution < 1.29 is 14.6 Å². The minimum Gasteiger partial charge on any atom is -0.467 e. The topological polar surface area (TPSA) is 96.7 Å². The van der Waals surface area contributed by atoms with Crippen molar-refractivity contribution in [2.75, 3.05) is 7.11 Å². The normalized spacial score (nSPS) is 24.5. The van der Waals surface area contributed by atoms with Gasteiger partial charge in [-0.25, -0.2) is 4.79 Å². The molecule has 0 aromatic carbocycles. The van der Waals surface area contributed by atoms with E-state index in [0.29, 0.717) is 25.7 Å². The summed E-state index contributed by atoms with van der Waals surface area (Å²) in [7, 11) is 1.31. The Morgan fingerprint density at radius 2 is 1.86 bits per heavy atom. The average molecular weight is 392 g/mol. The summed E-state index contributed by atoms with van der Waals surface area (Å²) in [6, 6.07) is 11.5. The van der Waals surface area contributed by atoms with Crippen LogP contribution in [0.2, 0.25) is 0 Å². The van der Waals surface area contributed by atoms with Gasteiger partial charge in [-0.15, -0.1) is 0 Å². The summed E-state index contributed by atoms with van der Waals surface area (Å²) in [6.07, 6.45) is 6.11. The lowest BCUT2D eigenvalue weighted by Gasteiger charge is -2.34. The van der Waals surface area contributed by atoms with E-state index in [1.165, 1.54) is 7.11 Å². The van der Waals surface area contributed by atoms with Crippen molar-refractivity contribution in [3.63, 3.8) is 0 Å².